The summed E-state index contributed by atoms with van der Waals surface area (Å²) in [4.78, 5) is 12.0. The highest BCUT2D eigenvalue weighted by molar-refractivity contribution is 5.76. The highest BCUT2D eigenvalue weighted by Gasteiger charge is 2.29. The van der Waals surface area contributed by atoms with E-state index in [0.29, 0.717) is 12.3 Å². The number of nitrogens with one attached hydrogen (secondary N) is 1. The van der Waals surface area contributed by atoms with Crippen LogP contribution in [0.1, 0.15) is 59.8 Å². The molecule has 1 unspecified atom stereocenters. The Bertz CT molecular complexity index is 257. The first kappa shape index (κ1) is 14.5. The molecule has 1 aliphatic rings. The zero-order valence-corrected chi connectivity index (χ0v) is 11.8. The van der Waals surface area contributed by atoms with Crippen molar-refractivity contribution in [3.63, 3.8) is 0 Å². The molecule has 0 aromatic heterocycles. The van der Waals surface area contributed by atoms with Crippen molar-refractivity contribution in [1.29, 1.82) is 0 Å². The molecule has 3 N–H and O–H groups in total. The first-order valence-corrected chi connectivity index (χ1v) is 6.89. The summed E-state index contributed by atoms with van der Waals surface area (Å²) < 4.78 is 0. The SMILES string of the molecule is CCC(NC(=O)C[C@@H]1CCC[C@H]1N)C(C)(C)C. The Hall–Kier alpha value is -0.570. The van der Waals surface area contributed by atoms with Crippen LogP contribution in [0.2, 0.25) is 0 Å². The van der Waals surface area contributed by atoms with Crippen molar-refractivity contribution in [3.8, 4) is 0 Å². The van der Waals surface area contributed by atoms with Crippen molar-refractivity contribution < 1.29 is 4.79 Å². The Morgan fingerprint density at radius 1 is 1.41 bits per heavy atom. The van der Waals surface area contributed by atoms with Crippen LogP contribution < -0.4 is 11.1 Å². The lowest BCUT2D eigenvalue weighted by Crippen LogP contribution is -2.44. The van der Waals surface area contributed by atoms with Crippen molar-refractivity contribution in [1.82, 2.24) is 5.32 Å². The molecule has 3 atom stereocenters. The normalized spacial score (nSPS) is 26.9. The van der Waals surface area contributed by atoms with Crippen LogP contribution in [0.25, 0.3) is 0 Å². The van der Waals surface area contributed by atoms with Crippen LogP contribution in [0, 0.1) is 11.3 Å². The summed E-state index contributed by atoms with van der Waals surface area (Å²) >= 11 is 0. The highest BCUT2D eigenvalue weighted by atomic mass is 16.1. The highest BCUT2D eigenvalue weighted by Crippen LogP contribution is 2.27. The van der Waals surface area contributed by atoms with E-state index in [0.717, 1.165) is 19.3 Å². The Morgan fingerprint density at radius 3 is 2.47 bits per heavy atom. The molecule has 0 aromatic carbocycles. The summed E-state index contributed by atoms with van der Waals surface area (Å²) in [7, 11) is 0. The molecule has 1 saturated carbocycles. The third-order valence-corrected chi connectivity index (χ3v) is 3.95. The van der Waals surface area contributed by atoms with Gasteiger partial charge in [0.05, 0.1) is 0 Å². The van der Waals surface area contributed by atoms with E-state index in [9.17, 15) is 4.79 Å². The number of nitrogens with two attached hydrogens (primary N) is 1. The van der Waals surface area contributed by atoms with E-state index in [1.807, 2.05) is 0 Å². The topological polar surface area (TPSA) is 55.1 Å². The van der Waals surface area contributed by atoms with E-state index in [2.05, 4.69) is 33.0 Å². The van der Waals surface area contributed by atoms with E-state index < -0.39 is 0 Å². The quantitative estimate of drug-likeness (QED) is 0.793. The van der Waals surface area contributed by atoms with E-state index in [1.54, 1.807) is 0 Å². The number of carbonyl (C=O) groups excluding carboxylic acids is 1. The van der Waals surface area contributed by atoms with Crippen LogP contribution in [0.5, 0.6) is 0 Å². The maximum atomic E-state index is 12.0. The second-order valence-corrected chi connectivity index (χ2v) is 6.45. The third kappa shape index (κ3) is 4.30. The summed E-state index contributed by atoms with van der Waals surface area (Å²) in [6.45, 7) is 8.63. The number of carbonyl (C=O) groups is 1. The van der Waals surface area contributed by atoms with Gasteiger partial charge in [-0.2, -0.15) is 0 Å². The van der Waals surface area contributed by atoms with Crippen molar-refractivity contribution in [2.45, 2.75) is 71.9 Å². The van der Waals surface area contributed by atoms with Crippen LogP contribution >= 0.6 is 0 Å². The lowest BCUT2D eigenvalue weighted by Gasteiger charge is -2.31. The number of hydrogen-bond donors (Lipinski definition) is 2. The molecule has 0 bridgehead atoms. The molecule has 3 nitrogen and oxygen atoms in total. The van der Waals surface area contributed by atoms with Crippen LogP contribution in [0.3, 0.4) is 0 Å². The molecule has 0 spiro atoms. The number of hydrogen-bond acceptors (Lipinski definition) is 2. The van der Waals surface area contributed by atoms with Gasteiger partial charge in [0.1, 0.15) is 0 Å². The smallest absolute Gasteiger partial charge is 0.220 e. The summed E-state index contributed by atoms with van der Waals surface area (Å²) in [5, 5.41) is 3.16. The molecule has 17 heavy (non-hydrogen) atoms. The molecule has 3 heteroatoms. The Morgan fingerprint density at radius 2 is 2.06 bits per heavy atom. The first-order chi connectivity index (χ1) is 7.84. The van der Waals surface area contributed by atoms with E-state index in [-0.39, 0.29) is 23.4 Å². The molecule has 0 saturated heterocycles. The molecular formula is C14H28N2O. The van der Waals surface area contributed by atoms with Crippen LogP contribution in [-0.4, -0.2) is 18.0 Å². The predicted molar refractivity (Wildman–Crippen MR) is 71.6 cm³/mol. The van der Waals surface area contributed by atoms with Gasteiger partial charge in [-0.15, -0.1) is 0 Å². The molecule has 0 radical (unpaired) electrons. The minimum absolute atomic E-state index is 0.127. The fourth-order valence-corrected chi connectivity index (χ4v) is 2.74. The van der Waals surface area contributed by atoms with Gasteiger partial charge in [-0.05, 0) is 30.6 Å². The summed E-state index contributed by atoms with van der Waals surface area (Å²) in [5.74, 6) is 0.571. The molecule has 1 fully saturated rings. The molecule has 100 valence electrons. The van der Waals surface area contributed by atoms with Gasteiger partial charge in [-0.3, -0.25) is 4.79 Å². The molecule has 1 rings (SSSR count). The van der Waals surface area contributed by atoms with Crippen molar-refractivity contribution in [3.05, 3.63) is 0 Å². The lowest BCUT2D eigenvalue weighted by atomic mass is 9.85. The predicted octanol–water partition coefficient (Wildman–Crippen LogP) is 2.44. The van der Waals surface area contributed by atoms with Crippen LogP contribution in [0.4, 0.5) is 0 Å². The number of amides is 1. The maximum Gasteiger partial charge on any atom is 0.220 e. The second-order valence-electron chi connectivity index (χ2n) is 6.45. The monoisotopic (exact) mass is 240 g/mol. The van der Waals surface area contributed by atoms with Crippen molar-refractivity contribution in [2.75, 3.05) is 0 Å². The summed E-state index contributed by atoms with van der Waals surface area (Å²) in [6, 6.07) is 0.489. The minimum Gasteiger partial charge on any atom is -0.353 e. The standard InChI is InChI=1S/C14H28N2O/c1-5-12(14(2,3)4)16-13(17)9-10-7-6-8-11(10)15/h10-12H,5-9,15H2,1-4H3,(H,16,17)/t10-,11+,12?/m0/s1. The average Bonchev–Trinajstić information content (AvgIpc) is 2.59. The van der Waals surface area contributed by atoms with E-state index >= 15 is 0 Å². The third-order valence-electron chi connectivity index (χ3n) is 3.95. The molecule has 1 amide bonds. The molecular weight excluding hydrogens is 212 g/mol. The average molecular weight is 240 g/mol. The van der Waals surface area contributed by atoms with E-state index in [4.69, 9.17) is 5.73 Å². The van der Waals surface area contributed by atoms with Crippen LogP contribution in [0.15, 0.2) is 0 Å². The maximum absolute atomic E-state index is 12.0. The largest absolute Gasteiger partial charge is 0.353 e. The van der Waals surface area contributed by atoms with Gasteiger partial charge >= 0.3 is 0 Å². The van der Waals surface area contributed by atoms with Gasteiger partial charge in [-0.1, -0.05) is 34.1 Å². The number of rotatable bonds is 4. The van der Waals surface area contributed by atoms with Crippen LogP contribution in [-0.2, 0) is 4.79 Å². The first-order valence-electron chi connectivity index (χ1n) is 6.89. The zero-order valence-electron chi connectivity index (χ0n) is 11.8. The van der Waals surface area contributed by atoms with Gasteiger partial charge < -0.3 is 11.1 Å². The lowest BCUT2D eigenvalue weighted by molar-refractivity contribution is -0.123. The Balaban J connectivity index is 2.43. The molecule has 0 aromatic rings. The van der Waals surface area contributed by atoms with Crippen molar-refractivity contribution >= 4 is 5.91 Å². The van der Waals surface area contributed by atoms with E-state index in [1.165, 1.54) is 6.42 Å². The Labute approximate surface area is 106 Å². The Kier molecular flexibility index (Phi) is 4.99. The van der Waals surface area contributed by atoms with Gasteiger partial charge in [0.2, 0.25) is 5.91 Å². The fraction of sp³-hybridized carbons (Fsp3) is 0.929. The minimum atomic E-state index is 0.127. The fourth-order valence-electron chi connectivity index (χ4n) is 2.74. The van der Waals surface area contributed by atoms with Gasteiger partial charge in [0.15, 0.2) is 0 Å². The zero-order chi connectivity index (χ0) is 13.1. The van der Waals surface area contributed by atoms with Gasteiger partial charge in [0.25, 0.3) is 0 Å². The molecule has 1 aliphatic carbocycles. The van der Waals surface area contributed by atoms with Gasteiger partial charge in [0, 0.05) is 18.5 Å². The molecule has 0 heterocycles. The summed E-state index contributed by atoms with van der Waals surface area (Å²) in [6.07, 6.45) is 4.95. The van der Waals surface area contributed by atoms with Gasteiger partial charge in [-0.25, -0.2) is 0 Å². The second kappa shape index (κ2) is 5.85. The summed E-state index contributed by atoms with van der Waals surface area (Å²) in [5.41, 5.74) is 6.12. The molecule has 0 aliphatic heterocycles. The van der Waals surface area contributed by atoms with Crippen molar-refractivity contribution in [2.24, 2.45) is 17.1 Å².